The van der Waals surface area contributed by atoms with Gasteiger partial charge in [-0.05, 0) is 49.7 Å². The number of nitrogens with zero attached hydrogens (tertiary/aromatic N) is 1. The smallest absolute Gasteiger partial charge is 0.422 e. The summed E-state index contributed by atoms with van der Waals surface area (Å²) in [5.41, 5.74) is 1.89. The molecule has 0 radical (unpaired) electrons. The van der Waals surface area contributed by atoms with Gasteiger partial charge in [0.2, 0.25) is 0 Å². The van der Waals surface area contributed by atoms with E-state index >= 15 is 0 Å². The van der Waals surface area contributed by atoms with Gasteiger partial charge in [-0.15, -0.1) is 0 Å². The molecular weight excluding hydrogens is 359 g/mol. The summed E-state index contributed by atoms with van der Waals surface area (Å²) >= 11 is 0. The van der Waals surface area contributed by atoms with Crippen LogP contribution in [0.5, 0.6) is 5.75 Å². The maximum atomic E-state index is 12.4. The Bertz CT molecular complexity index is 773. The zero-order chi connectivity index (χ0) is 19.3. The van der Waals surface area contributed by atoms with Crippen molar-refractivity contribution in [3.05, 3.63) is 48.3 Å². The summed E-state index contributed by atoms with van der Waals surface area (Å²) in [5.74, 6) is -0.0507. The second-order valence-electron chi connectivity index (χ2n) is 6.39. The predicted octanol–water partition coefficient (Wildman–Crippen LogP) is 3.17. The summed E-state index contributed by atoms with van der Waals surface area (Å²) in [7, 11) is 0. The van der Waals surface area contributed by atoms with E-state index in [9.17, 15) is 18.0 Å². The number of alkyl halides is 3. The number of nitrogens with one attached hydrogen (secondary N) is 2. The number of carbonyl (C=O) groups excluding carboxylic acids is 1. The largest absolute Gasteiger partial charge is 0.484 e. The number of piperidine rings is 1. The SMILES string of the molecule is O=C(NC1CCNCC1)c1cncc(-c2ccc(OCC(F)(F)F)cc2)c1. The first-order chi connectivity index (χ1) is 12.9. The molecule has 1 aromatic carbocycles. The summed E-state index contributed by atoms with van der Waals surface area (Å²) in [4.78, 5) is 16.5. The Morgan fingerprint density at radius 1 is 1.15 bits per heavy atom. The van der Waals surface area contributed by atoms with Crippen LogP contribution in [-0.4, -0.2) is 42.8 Å². The van der Waals surface area contributed by atoms with Crippen molar-refractivity contribution >= 4 is 5.91 Å². The van der Waals surface area contributed by atoms with Gasteiger partial charge in [-0.3, -0.25) is 9.78 Å². The summed E-state index contributed by atoms with van der Waals surface area (Å²) < 4.78 is 41.3. The number of hydrogen-bond donors (Lipinski definition) is 2. The number of ether oxygens (including phenoxy) is 1. The Morgan fingerprint density at radius 3 is 2.52 bits per heavy atom. The van der Waals surface area contributed by atoms with Gasteiger partial charge in [-0.2, -0.15) is 13.2 Å². The lowest BCUT2D eigenvalue weighted by Gasteiger charge is -2.23. The molecule has 2 N–H and O–H groups in total. The van der Waals surface area contributed by atoms with E-state index in [0.717, 1.165) is 31.5 Å². The van der Waals surface area contributed by atoms with Crippen molar-refractivity contribution in [2.75, 3.05) is 19.7 Å². The molecule has 0 atom stereocenters. The first-order valence-corrected chi connectivity index (χ1v) is 8.67. The van der Waals surface area contributed by atoms with E-state index in [1.165, 1.54) is 18.3 Å². The van der Waals surface area contributed by atoms with E-state index in [2.05, 4.69) is 15.6 Å². The van der Waals surface area contributed by atoms with E-state index < -0.39 is 12.8 Å². The number of benzene rings is 1. The lowest BCUT2D eigenvalue weighted by atomic mass is 10.0. The van der Waals surface area contributed by atoms with E-state index in [-0.39, 0.29) is 17.7 Å². The molecule has 5 nitrogen and oxygen atoms in total. The molecule has 3 rings (SSSR count). The molecule has 0 unspecified atom stereocenters. The minimum absolute atomic E-state index is 0.129. The maximum Gasteiger partial charge on any atom is 0.422 e. The van der Waals surface area contributed by atoms with Gasteiger partial charge >= 0.3 is 6.18 Å². The average molecular weight is 379 g/mol. The van der Waals surface area contributed by atoms with Gasteiger partial charge in [0.1, 0.15) is 5.75 Å². The molecule has 27 heavy (non-hydrogen) atoms. The van der Waals surface area contributed by atoms with Crippen LogP contribution in [0.1, 0.15) is 23.2 Å². The fourth-order valence-electron chi connectivity index (χ4n) is 2.87. The summed E-state index contributed by atoms with van der Waals surface area (Å²) in [6.45, 7) is 0.429. The molecule has 0 aliphatic carbocycles. The van der Waals surface area contributed by atoms with E-state index in [1.54, 1.807) is 24.4 Å². The summed E-state index contributed by atoms with van der Waals surface area (Å²) in [6, 6.07) is 8.06. The van der Waals surface area contributed by atoms with Gasteiger partial charge in [0.05, 0.1) is 5.56 Å². The summed E-state index contributed by atoms with van der Waals surface area (Å²) in [5, 5.41) is 6.25. The number of amides is 1. The number of carbonyl (C=O) groups is 1. The van der Waals surface area contributed by atoms with Crippen molar-refractivity contribution in [1.29, 1.82) is 0 Å². The van der Waals surface area contributed by atoms with Crippen LogP contribution >= 0.6 is 0 Å². The predicted molar refractivity (Wildman–Crippen MR) is 94.6 cm³/mol. The third-order valence-corrected chi connectivity index (χ3v) is 4.26. The minimum atomic E-state index is -4.38. The highest BCUT2D eigenvalue weighted by Gasteiger charge is 2.28. The highest BCUT2D eigenvalue weighted by Crippen LogP contribution is 2.24. The number of halogens is 3. The molecule has 0 bridgehead atoms. The second-order valence-corrected chi connectivity index (χ2v) is 6.39. The first-order valence-electron chi connectivity index (χ1n) is 8.67. The molecule has 1 fully saturated rings. The van der Waals surface area contributed by atoms with Crippen molar-refractivity contribution < 1.29 is 22.7 Å². The van der Waals surface area contributed by atoms with E-state index in [4.69, 9.17) is 4.74 Å². The Balaban J connectivity index is 1.66. The van der Waals surface area contributed by atoms with Gasteiger partial charge in [0, 0.05) is 24.0 Å². The van der Waals surface area contributed by atoms with Crippen LogP contribution in [0.2, 0.25) is 0 Å². The number of pyridine rings is 1. The number of hydrogen-bond acceptors (Lipinski definition) is 4. The molecule has 1 aliphatic rings. The minimum Gasteiger partial charge on any atom is -0.484 e. The van der Waals surface area contributed by atoms with Gasteiger partial charge in [0.25, 0.3) is 5.91 Å². The second kappa shape index (κ2) is 8.39. The molecule has 144 valence electrons. The van der Waals surface area contributed by atoms with Crippen molar-refractivity contribution in [3.63, 3.8) is 0 Å². The van der Waals surface area contributed by atoms with Crippen LogP contribution in [-0.2, 0) is 0 Å². The Kier molecular flexibility index (Phi) is 5.95. The van der Waals surface area contributed by atoms with Gasteiger partial charge in [0.15, 0.2) is 6.61 Å². The quantitative estimate of drug-likeness (QED) is 0.838. The van der Waals surface area contributed by atoms with Crippen LogP contribution in [0.3, 0.4) is 0 Å². The van der Waals surface area contributed by atoms with Crippen molar-refractivity contribution in [1.82, 2.24) is 15.6 Å². The molecule has 0 spiro atoms. The molecule has 1 aliphatic heterocycles. The monoisotopic (exact) mass is 379 g/mol. The Labute approximate surface area is 154 Å². The Hall–Kier alpha value is -2.61. The summed E-state index contributed by atoms with van der Waals surface area (Å²) in [6.07, 6.45) is 0.503. The third kappa shape index (κ3) is 5.68. The Morgan fingerprint density at radius 2 is 1.85 bits per heavy atom. The highest BCUT2D eigenvalue weighted by molar-refractivity contribution is 5.95. The van der Waals surface area contributed by atoms with E-state index in [1.807, 2.05) is 0 Å². The molecule has 2 aromatic rings. The molecule has 8 heteroatoms. The van der Waals surface area contributed by atoms with Crippen LogP contribution in [0.15, 0.2) is 42.7 Å². The highest BCUT2D eigenvalue weighted by atomic mass is 19.4. The van der Waals surface area contributed by atoms with Crippen molar-refractivity contribution in [3.8, 4) is 16.9 Å². The molecule has 1 aromatic heterocycles. The fourth-order valence-corrected chi connectivity index (χ4v) is 2.87. The zero-order valence-electron chi connectivity index (χ0n) is 14.6. The lowest BCUT2D eigenvalue weighted by Crippen LogP contribution is -2.42. The standard InChI is InChI=1S/C19H20F3N3O2/c20-19(21,22)12-27-17-3-1-13(2-4-17)14-9-15(11-24-10-14)18(26)25-16-5-7-23-8-6-16/h1-4,9-11,16,23H,5-8,12H2,(H,25,26). The molecular formula is C19H20F3N3O2. The van der Waals surface area contributed by atoms with E-state index in [0.29, 0.717) is 11.1 Å². The fraction of sp³-hybridized carbons (Fsp3) is 0.368. The van der Waals surface area contributed by atoms with Crippen LogP contribution in [0.4, 0.5) is 13.2 Å². The van der Waals surface area contributed by atoms with Crippen molar-refractivity contribution in [2.24, 2.45) is 0 Å². The van der Waals surface area contributed by atoms with Gasteiger partial charge in [-0.25, -0.2) is 0 Å². The molecule has 0 saturated carbocycles. The maximum absolute atomic E-state index is 12.4. The number of aromatic nitrogens is 1. The first kappa shape index (κ1) is 19.2. The van der Waals surface area contributed by atoms with Crippen LogP contribution < -0.4 is 15.4 Å². The number of rotatable bonds is 5. The van der Waals surface area contributed by atoms with Crippen molar-refractivity contribution in [2.45, 2.75) is 25.1 Å². The third-order valence-electron chi connectivity index (χ3n) is 4.26. The van der Waals surface area contributed by atoms with Crippen LogP contribution in [0, 0.1) is 0 Å². The van der Waals surface area contributed by atoms with Gasteiger partial charge < -0.3 is 15.4 Å². The van der Waals surface area contributed by atoms with Gasteiger partial charge in [-0.1, -0.05) is 12.1 Å². The lowest BCUT2D eigenvalue weighted by molar-refractivity contribution is -0.153. The molecule has 1 saturated heterocycles. The molecule has 2 heterocycles. The molecule has 1 amide bonds. The average Bonchev–Trinajstić information content (AvgIpc) is 2.67. The zero-order valence-corrected chi connectivity index (χ0v) is 14.6. The topological polar surface area (TPSA) is 63.2 Å². The normalized spacial score (nSPS) is 15.4. The van der Waals surface area contributed by atoms with Crippen LogP contribution in [0.25, 0.3) is 11.1 Å².